The molecule has 0 radical (unpaired) electrons. The highest BCUT2D eigenvalue weighted by atomic mass is 19.1. The molecule has 3 rings (SSSR count). The van der Waals surface area contributed by atoms with Crippen molar-refractivity contribution in [3.63, 3.8) is 0 Å². The van der Waals surface area contributed by atoms with E-state index in [1.54, 1.807) is 35.2 Å². The number of anilines is 1. The van der Waals surface area contributed by atoms with Crippen molar-refractivity contribution in [3.05, 3.63) is 59.4 Å². The molecule has 5 nitrogen and oxygen atoms in total. The number of aryl methyl sites for hydroxylation is 1. The Morgan fingerprint density at radius 2 is 1.75 bits per heavy atom. The Kier molecular flexibility index (Phi) is 6.29. The van der Waals surface area contributed by atoms with Gasteiger partial charge in [0.25, 0.3) is 0 Å². The molecule has 1 saturated heterocycles. The van der Waals surface area contributed by atoms with Crippen LogP contribution >= 0.6 is 0 Å². The summed E-state index contributed by atoms with van der Waals surface area (Å²) in [5.41, 5.74) is 2.05. The number of benzene rings is 2. The minimum Gasteiger partial charge on any atom is -0.496 e. The van der Waals surface area contributed by atoms with Crippen molar-refractivity contribution in [2.45, 2.75) is 19.8 Å². The van der Waals surface area contributed by atoms with Crippen LogP contribution in [0.3, 0.4) is 0 Å². The molecule has 0 spiro atoms. The first-order valence-electron chi connectivity index (χ1n) is 9.44. The summed E-state index contributed by atoms with van der Waals surface area (Å²) in [6.07, 6.45) is 0.307. The predicted octanol–water partition coefficient (Wildman–Crippen LogP) is 3.45. The summed E-state index contributed by atoms with van der Waals surface area (Å²) < 4.78 is 19.2. The van der Waals surface area contributed by atoms with E-state index in [0.717, 1.165) is 5.56 Å². The standard InChI is InChI=1S/C22H25FN2O3/c1-16-7-9-21(28-2)17(15-16)20(26)8-10-22(27)25-13-11-24(12-14-25)19-6-4-3-5-18(19)23/h3-7,9,15H,8,10-14H2,1-2H3. The lowest BCUT2D eigenvalue weighted by molar-refractivity contribution is -0.131. The van der Waals surface area contributed by atoms with E-state index in [-0.39, 0.29) is 30.3 Å². The molecule has 0 bridgehead atoms. The summed E-state index contributed by atoms with van der Waals surface area (Å²) in [4.78, 5) is 28.7. The van der Waals surface area contributed by atoms with E-state index >= 15 is 0 Å². The van der Waals surface area contributed by atoms with Gasteiger partial charge in [-0.15, -0.1) is 0 Å². The van der Waals surface area contributed by atoms with Crippen LogP contribution in [0.5, 0.6) is 5.75 Å². The maximum atomic E-state index is 13.9. The largest absolute Gasteiger partial charge is 0.496 e. The molecule has 1 aliphatic rings. The smallest absolute Gasteiger partial charge is 0.223 e. The van der Waals surface area contributed by atoms with E-state index in [1.165, 1.54) is 13.2 Å². The molecule has 2 aromatic rings. The van der Waals surface area contributed by atoms with Gasteiger partial charge < -0.3 is 14.5 Å². The Hall–Kier alpha value is -2.89. The van der Waals surface area contributed by atoms with Crippen molar-refractivity contribution in [2.24, 2.45) is 0 Å². The van der Waals surface area contributed by atoms with Gasteiger partial charge in [-0.25, -0.2) is 4.39 Å². The Morgan fingerprint density at radius 1 is 1.04 bits per heavy atom. The van der Waals surface area contributed by atoms with Crippen LogP contribution in [-0.2, 0) is 4.79 Å². The maximum absolute atomic E-state index is 13.9. The second kappa shape index (κ2) is 8.87. The topological polar surface area (TPSA) is 49.9 Å². The van der Waals surface area contributed by atoms with Crippen LogP contribution in [0.25, 0.3) is 0 Å². The van der Waals surface area contributed by atoms with Crippen molar-refractivity contribution in [1.29, 1.82) is 0 Å². The minimum absolute atomic E-state index is 0.0480. The molecule has 0 saturated carbocycles. The number of rotatable bonds is 6. The molecule has 1 aliphatic heterocycles. The van der Waals surface area contributed by atoms with Crippen LogP contribution in [0.2, 0.25) is 0 Å². The molecule has 28 heavy (non-hydrogen) atoms. The summed E-state index contributed by atoms with van der Waals surface area (Å²) in [6.45, 7) is 4.11. The van der Waals surface area contributed by atoms with E-state index in [1.807, 2.05) is 17.9 Å². The van der Waals surface area contributed by atoms with Gasteiger partial charge in [0.05, 0.1) is 18.4 Å². The Balaban J connectivity index is 1.53. The van der Waals surface area contributed by atoms with Crippen molar-refractivity contribution in [3.8, 4) is 5.75 Å². The van der Waals surface area contributed by atoms with Gasteiger partial charge in [0.2, 0.25) is 5.91 Å². The summed E-state index contributed by atoms with van der Waals surface area (Å²) in [6, 6.07) is 12.1. The number of hydrogen-bond donors (Lipinski definition) is 0. The van der Waals surface area contributed by atoms with E-state index in [4.69, 9.17) is 4.74 Å². The zero-order chi connectivity index (χ0) is 20.1. The van der Waals surface area contributed by atoms with Gasteiger partial charge in [0.15, 0.2) is 5.78 Å². The molecule has 0 N–H and O–H groups in total. The van der Waals surface area contributed by atoms with Gasteiger partial charge in [-0.05, 0) is 31.2 Å². The lowest BCUT2D eigenvalue weighted by Crippen LogP contribution is -2.49. The van der Waals surface area contributed by atoms with E-state index in [0.29, 0.717) is 43.2 Å². The van der Waals surface area contributed by atoms with Crippen LogP contribution in [-0.4, -0.2) is 49.9 Å². The third-order valence-corrected chi connectivity index (χ3v) is 5.05. The summed E-state index contributed by atoms with van der Waals surface area (Å²) >= 11 is 0. The SMILES string of the molecule is COc1ccc(C)cc1C(=O)CCC(=O)N1CCN(c2ccccc2F)CC1. The highest BCUT2D eigenvalue weighted by Crippen LogP contribution is 2.23. The fourth-order valence-corrected chi connectivity index (χ4v) is 3.46. The number of nitrogens with zero attached hydrogens (tertiary/aromatic N) is 2. The maximum Gasteiger partial charge on any atom is 0.223 e. The quantitative estimate of drug-likeness (QED) is 0.716. The number of carbonyl (C=O) groups is 2. The first kappa shape index (κ1) is 19.9. The zero-order valence-corrected chi connectivity index (χ0v) is 16.3. The number of carbonyl (C=O) groups excluding carboxylic acids is 2. The fraction of sp³-hybridized carbons (Fsp3) is 0.364. The summed E-state index contributed by atoms with van der Waals surface area (Å²) in [5.74, 6) is 0.133. The first-order valence-corrected chi connectivity index (χ1v) is 9.44. The van der Waals surface area contributed by atoms with Crippen molar-refractivity contribution >= 4 is 17.4 Å². The summed E-state index contributed by atoms with van der Waals surface area (Å²) in [5, 5.41) is 0. The average Bonchev–Trinajstić information content (AvgIpc) is 2.72. The predicted molar refractivity (Wildman–Crippen MR) is 106 cm³/mol. The molecule has 1 fully saturated rings. The monoisotopic (exact) mass is 384 g/mol. The zero-order valence-electron chi connectivity index (χ0n) is 16.3. The average molecular weight is 384 g/mol. The van der Waals surface area contributed by atoms with Gasteiger partial charge in [0, 0.05) is 39.0 Å². The van der Waals surface area contributed by atoms with Crippen molar-refractivity contribution in [2.75, 3.05) is 38.2 Å². The molecule has 6 heteroatoms. The second-order valence-electron chi connectivity index (χ2n) is 6.95. The van der Waals surface area contributed by atoms with Crippen molar-refractivity contribution < 1.29 is 18.7 Å². The van der Waals surface area contributed by atoms with Gasteiger partial charge in [0.1, 0.15) is 11.6 Å². The number of ketones is 1. The number of piperazine rings is 1. The van der Waals surface area contributed by atoms with E-state index in [2.05, 4.69) is 0 Å². The van der Waals surface area contributed by atoms with E-state index < -0.39 is 0 Å². The highest BCUT2D eigenvalue weighted by molar-refractivity contribution is 6.00. The Morgan fingerprint density at radius 3 is 2.43 bits per heavy atom. The van der Waals surface area contributed by atoms with Gasteiger partial charge in [-0.3, -0.25) is 9.59 Å². The number of Topliss-reactive ketones (excluding diaryl/α,β-unsaturated/α-hetero) is 1. The number of halogens is 1. The summed E-state index contributed by atoms with van der Waals surface area (Å²) in [7, 11) is 1.53. The fourth-order valence-electron chi connectivity index (χ4n) is 3.46. The lowest BCUT2D eigenvalue weighted by atomic mass is 10.0. The molecular formula is C22H25FN2O3. The second-order valence-corrected chi connectivity index (χ2v) is 6.95. The number of methoxy groups -OCH3 is 1. The van der Waals surface area contributed by atoms with E-state index in [9.17, 15) is 14.0 Å². The lowest BCUT2D eigenvalue weighted by Gasteiger charge is -2.36. The normalized spacial score (nSPS) is 14.1. The molecule has 148 valence electrons. The Bertz CT molecular complexity index is 861. The molecule has 0 atom stereocenters. The molecular weight excluding hydrogens is 359 g/mol. The minimum atomic E-state index is -0.250. The first-order chi connectivity index (χ1) is 13.5. The number of amides is 1. The highest BCUT2D eigenvalue weighted by Gasteiger charge is 2.23. The number of para-hydroxylation sites is 1. The van der Waals surface area contributed by atoms with Crippen LogP contribution in [0.4, 0.5) is 10.1 Å². The molecule has 2 aromatic carbocycles. The third-order valence-electron chi connectivity index (χ3n) is 5.05. The number of ether oxygens (including phenoxy) is 1. The van der Waals surface area contributed by atoms with Gasteiger partial charge in [-0.1, -0.05) is 23.8 Å². The van der Waals surface area contributed by atoms with Crippen LogP contribution in [0, 0.1) is 12.7 Å². The van der Waals surface area contributed by atoms with Crippen LogP contribution in [0.15, 0.2) is 42.5 Å². The third kappa shape index (κ3) is 4.50. The Labute approximate surface area is 164 Å². The van der Waals surface area contributed by atoms with Crippen LogP contribution < -0.4 is 9.64 Å². The van der Waals surface area contributed by atoms with Crippen LogP contribution in [0.1, 0.15) is 28.8 Å². The number of hydrogen-bond acceptors (Lipinski definition) is 4. The molecule has 0 unspecified atom stereocenters. The molecule has 0 aliphatic carbocycles. The van der Waals surface area contributed by atoms with Gasteiger partial charge in [-0.2, -0.15) is 0 Å². The molecule has 1 heterocycles. The molecule has 0 aromatic heterocycles. The molecule has 1 amide bonds. The van der Waals surface area contributed by atoms with Gasteiger partial charge >= 0.3 is 0 Å². The van der Waals surface area contributed by atoms with Crippen molar-refractivity contribution in [1.82, 2.24) is 4.90 Å².